The Balaban J connectivity index is 1.81. The average Bonchev–Trinajstić information content (AvgIpc) is 2.98. The van der Waals surface area contributed by atoms with Crippen molar-refractivity contribution in [1.29, 1.82) is 0 Å². The van der Waals surface area contributed by atoms with E-state index in [1.165, 1.54) is 17.8 Å². The van der Waals surface area contributed by atoms with E-state index in [0.29, 0.717) is 5.82 Å². The Bertz CT molecular complexity index is 536. The van der Waals surface area contributed by atoms with Crippen molar-refractivity contribution in [2.75, 3.05) is 23.7 Å². The Morgan fingerprint density at radius 3 is 2.83 bits per heavy atom. The summed E-state index contributed by atoms with van der Waals surface area (Å²) in [7, 11) is 0. The van der Waals surface area contributed by atoms with Crippen molar-refractivity contribution >= 4 is 23.0 Å². The lowest BCUT2D eigenvalue weighted by Gasteiger charge is -2.16. The van der Waals surface area contributed by atoms with Gasteiger partial charge in [-0.3, -0.25) is 0 Å². The van der Waals surface area contributed by atoms with Gasteiger partial charge in [-0.15, -0.1) is 11.3 Å². The molecule has 0 saturated carbocycles. The summed E-state index contributed by atoms with van der Waals surface area (Å²) in [6, 6.07) is 0. The molecule has 2 aromatic rings. The third kappa shape index (κ3) is 2.15. The normalized spacial score (nSPS) is 19.4. The zero-order valence-corrected chi connectivity index (χ0v) is 11.0. The Morgan fingerprint density at radius 2 is 2.28 bits per heavy atom. The number of nitrogens with zero attached hydrogens (tertiary/aromatic N) is 4. The van der Waals surface area contributed by atoms with Gasteiger partial charge in [-0.1, -0.05) is 6.92 Å². The van der Waals surface area contributed by atoms with Crippen LogP contribution in [-0.4, -0.2) is 28.0 Å². The summed E-state index contributed by atoms with van der Waals surface area (Å²) >= 11 is 1.49. The summed E-state index contributed by atoms with van der Waals surface area (Å²) < 4.78 is 0. The Morgan fingerprint density at radius 1 is 1.39 bits per heavy atom. The van der Waals surface area contributed by atoms with Gasteiger partial charge in [0.05, 0.1) is 12.4 Å². The van der Waals surface area contributed by atoms with Crippen molar-refractivity contribution in [3.8, 4) is 10.7 Å². The van der Waals surface area contributed by atoms with E-state index in [-0.39, 0.29) is 0 Å². The van der Waals surface area contributed by atoms with Gasteiger partial charge < -0.3 is 10.6 Å². The number of hydrogen-bond acceptors (Lipinski definition) is 6. The highest BCUT2D eigenvalue weighted by molar-refractivity contribution is 7.13. The fourth-order valence-corrected chi connectivity index (χ4v) is 2.81. The van der Waals surface area contributed by atoms with E-state index >= 15 is 0 Å². The lowest BCUT2D eigenvalue weighted by molar-refractivity contribution is 0.659. The monoisotopic (exact) mass is 261 g/mol. The number of anilines is 2. The Hall–Kier alpha value is -1.69. The summed E-state index contributed by atoms with van der Waals surface area (Å²) in [5.41, 5.74) is 6.39. The molecule has 18 heavy (non-hydrogen) atoms. The largest absolute Gasteiger partial charge is 0.383 e. The van der Waals surface area contributed by atoms with Crippen LogP contribution in [0.5, 0.6) is 0 Å². The van der Waals surface area contributed by atoms with Crippen LogP contribution in [0.3, 0.4) is 0 Å². The minimum absolute atomic E-state index is 0.536. The Kier molecular flexibility index (Phi) is 2.87. The molecule has 0 aliphatic carbocycles. The van der Waals surface area contributed by atoms with Crippen molar-refractivity contribution in [3.05, 3.63) is 17.8 Å². The molecule has 2 aromatic heterocycles. The smallest absolute Gasteiger partial charge is 0.147 e. The fraction of sp³-hybridized carbons (Fsp3) is 0.417. The van der Waals surface area contributed by atoms with Gasteiger partial charge in [-0.05, 0) is 12.3 Å². The molecule has 0 radical (unpaired) electrons. The van der Waals surface area contributed by atoms with Gasteiger partial charge in [0.15, 0.2) is 0 Å². The second-order valence-electron chi connectivity index (χ2n) is 4.68. The predicted octanol–water partition coefficient (Wildman–Crippen LogP) is 2.03. The van der Waals surface area contributed by atoms with E-state index in [1.54, 1.807) is 6.20 Å². The van der Waals surface area contributed by atoms with Gasteiger partial charge in [0, 0.05) is 18.5 Å². The second-order valence-corrected chi connectivity index (χ2v) is 5.54. The van der Waals surface area contributed by atoms with E-state index in [0.717, 1.165) is 35.5 Å². The third-order valence-electron chi connectivity index (χ3n) is 3.13. The van der Waals surface area contributed by atoms with Crippen LogP contribution in [0.1, 0.15) is 13.3 Å². The summed E-state index contributed by atoms with van der Waals surface area (Å²) in [5, 5.41) is 2.63. The molecule has 1 aliphatic rings. The maximum atomic E-state index is 5.60. The first-order valence-electron chi connectivity index (χ1n) is 6.01. The molecule has 5 nitrogen and oxygen atoms in total. The predicted molar refractivity (Wildman–Crippen MR) is 73.5 cm³/mol. The van der Waals surface area contributed by atoms with Crippen LogP contribution in [-0.2, 0) is 0 Å². The van der Waals surface area contributed by atoms with Crippen LogP contribution in [0, 0.1) is 5.92 Å². The molecule has 1 unspecified atom stereocenters. The lowest BCUT2D eigenvalue weighted by Crippen LogP contribution is -2.20. The number of aromatic nitrogens is 3. The van der Waals surface area contributed by atoms with Gasteiger partial charge in [-0.2, -0.15) is 0 Å². The summed E-state index contributed by atoms with van der Waals surface area (Å²) in [4.78, 5) is 15.4. The molecule has 3 heterocycles. The molecule has 0 bridgehead atoms. The SMILES string of the molecule is CC1CCN(c2cnc(-c3nc(N)cs3)cn2)C1. The molecule has 94 valence electrons. The highest BCUT2D eigenvalue weighted by Gasteiger charge is 2.20. The van der Waals surface area contributed by atoms with E-state index in [1.807, 2.05) is 11.6 Å². The molecule has 3 rings (SSSR count). The van der Waals surface area contributed by atoms with Crippen LogP contribution in [0.2, 0.25) is 0 Å². The molecule has 6 heteroatoms. The quantitative estimate of drug-likeness (QED) is 0.896. The molecule has 2 N–H and O–H groups in total. The Labute approximate surface area is 110 Å². The highest BCUT2D eigenvalue weighted by Crippen LogP contribution is 2.25. The van der Waals surface area contributed by atoms with E-state index in [9.17, 15) is 0 Å². The van der Waals surface area contributed by atoms with Crippen molar-refractivity contribution in [1.82, 2.24) is 15.0 Å². The molecule has 1 saturated heterocycles. The molecule has 1 fully saturated rings. The minimum Gasteiger partial charge on any atom is -0.383 e. The van der Waals surface area contributed by atoms with Crippen molar-refractivity contribution < 1.29 is 0 Å². The number of hydrogen-bond donors (Lipinski definition) is 1. The van der Waals surface area contributed by atoms with Crippen LogP contribution in [0.25, 0.3) is 10.7 Å². The molecule has 1 aliphatic heterocycles. The summed E-state index contributed by atoms with van der Waals surface area (Å²) in [6.45, 7) is 4.40. The molecule has 0 amide bonds. The van der Waals surface area contributed by atoms with Gasteiger partial charge in [0.2, 0.25) is 0 Å². The summed E-state index contributed by atoms with van der Waals surface area (Å²) in [5.74, 6) is 2.23. The van der Waals surface area contributed by atoms with Crippen molar-refractivity contribution in [2.45, 2.75) is 13.3 Å². The first-order valence-corrected chi connectivity index (χ1v) is 6.88. The number of nitrogen functional groups attached to an aromatic ring is 1. The lowest BCUT2D eigenvalue weighted by atomic mass is 10.2. The van der Waals surface area contributed by atoms with Gasteiger partial charge >= 0.3 is 0 Å². The molecule has 1 atom stereocenters. The van der Waals surface area contributed by atoms with Crippen LogP contribution in [0.4, 0.5) is 11.6 Å². The van der Waals surface area contributed by atoms with E-state index in [4.69, 9.17) is 5.73 Å². The van der Waals surface area contributed by atoms with Gasteiger partial charge in [-0.25, -0.2) is 15.0 Å². The zero-order chi connectivity index (χ0) is 12.5. The van der Waals surface area contributed by atoms with Gasteiger partial charge in [0.25, 0.3) is 0 Å². The topological polar surface area (TPSA) is 67.9 Å². The maximum absolute atomic E-state index is 5.60. The van der Waals surface area contributed by atoms with Crippen molar-refractivity contribution in [3.63, 3.8) is 0 Å². The third-order valence-corrected chi connectivity index (χ3v) is 4.01. The number of nitrogens with two attached hydrogens (primary N) is 1. The zero-order valence-electron chi connectivity index (χ0n) is 10.2. The van der Waals surface area contributed by atoms with E-state index < -0.39 is 0 Å². The molecule has 0 aromatic carbocycles. The molecular weight excluding hydrogens is 246 g/mol. The average molecular weight is 261 g/mol. The van der Waals surface area contributed by atoms with Crippen LogP contribution < -0.4 is 10.6 Å². The minimum atomic E-state index is 0.536. The van der Waals surface area contributed by atoms with Crippen LogP contribution in [0.15, 0.2) is 17.8 Å². The number of rotatable bonds is 2. The highest BCUT2D eigenvalue weighted by atomic mass is 32.1. The first-order chi connectivity index (χ1) is 8.72. The maximum Gasteiger partial charge on any atom is 0.147 e. The first kappa shape index (κ1) is 11.4. The van der Waals surface area contributed by atoms with Crippen LogP contribution >= 0.6 is 11.3 Å². The van der Waals surface area contributed by atoms with Crippen molar-refractivity contribution in [2.24, 2.45) is 5.92 Å². The molecular formula is C12H15N5S. The standard InChI is InChI=1S/C12H15N5S/c1-8-2-3-17(6-8)11-5-14-9(4-15-11)12-16-10(13)7-18-12/h4-5,7-8H,2-3,6,13H2,1H3. The molecule has 0 spiro atoms. The second kappa shape index (κ2) is 4.53. The van der Waals surface area contributed by atoms with Gasteiger partial charge in [0.1, 0.15) is 22.3 Å². The van der Waals surface area contributed by atoms with E-state index in [2.05, 4.69) is 26.8 Å². The summed E-state index contributed by atoms with van der Waals surface area (Å²) in [6.07, 6.45) is 4.83. The fourth-order valence-electron chi connectivity index (χ4n) is 2.14. The number of thiazole rings is 1.